The number of methoxy groups -OCH3 is 1. The van der Waals surface area contributed by atoms with Crippen LogP contribution < -0.4 is 15.4 Å². The summed E-state index contributed by atoms with van der Waals surface area (Å²) in [4.78, 5) is 11.7. The average Bonchev–Trinajstić information content (AvgIpc) is 2.96. The molecule has 1 unspecified atom stereocenters. The summed E-state index contributed by atoms with van der Waals surface area (Å²) in [5.74, 6) is 2.59. The van der Waals surface area contributed by atoms with E-state index >= 15 is 0 Å². The number of aryl methyl sites for hydroxylation is 1. The number of rotatable bonds is 3. The molecule has 0 saturated carbocycles. The van der Waals surface area contributed by atoms with Crippen molar-refractivity contribution in [2.24, 2.45) is 5.73 Å². The highest BCUT2D eigenvalue weighted by Crippen LogP contribution is 2.27. The third-order valence-corrected chi connectivity index (χ3v) is 4.24. The number of benzene rings is 1. The Balaban J connectivity index is 1.99. The first-order chi connectivity index (χ1) is 10.6. The predicted molar refractivity (Wildman–Crippen MR) is 88.3 cm³/mol. The quantitative estimate of drug-likeness (QED) is 0.942. The fraction of sp³-hybridized carbons (Fsp3) is 0.412. The van der Waals surface area contributed by atoms with Crippen molar-refractivity contribution in [1.29, 1.82) is 0 Å². The molecule has 1 aromatic carbocycles. The van der Waals surface area contributed by atoms with Crippen molar-refractivity contribution >= 4 is 5.82 Å². The van der Waals surface area contributed by atoms with E-state index in [0.717, 1.165) is 53.7 Å². The van der Waals surface area contributed by atoms with Gasteiger partial charge in [-0.25, -0.2) is 9.97 Å². The highest BCUT2D eigenvalue weighted by atomic mass is 16.5. The SMILES string of the molecule is COc1ccc(-c2nc(C)c(C)c(N3CCC(N)C3)n2)cc1. The number of aromatic nitrogens is 2. The van der Waals surface area contributed by atoms with Crippen LogP contribution in [0.3, 0.4) is 0 Å². The van der Waals surface area contributed by atoms with Crippen molar-refractivity contribution in [2.75, 3.05) is 25.1 Å². The molecule has 1 aliphatic rings. The zero-order valence-electron chi connectivity index (χ0n) is 13.3. The molecule has 2 aromatic rings. The zero-order valence-corrected chi connectivity index (χ0v) is 13.3. The Morgan fingerprint density at radius 3 is 2.50 bits per heavy atom. The van der Waals surface area contributed by atoms with Gasteiger partial charge < -0.3 is 15.4 Å². The van der Waals surface area contributed by atoms with E-state index in [1.807, 2.05) is 31.2 Å². The second-order valence-electron chi connectivity index (χ2n) is 5.80. The van der Waals surface area contributed by atoms with Crippen LogP contribution in [0.5, 0.6) is 5.75 Å². The van der Waals surface area contributed by atoms with Crippen LogP contribution in [-0.2, 0) is 0 Å². The summed E-state index contributed by atoms with van der Waals surface area (Å²) in [6, 6.07) is 8.07. The van der Waals surface area contributed by atoms with Gasteiger partial charge in [0.25, 0.3) is 0 Å². The normalized spacial score (nSPS) is 17.8. The van der Waals surface area contributed by atoms with Crippen molar-refractivity contribution in [3.63, 3.8) is 0 Å². The number of nitrogens with two attached hydrogens (primary N) is 1. The zero-order chi connectivity index (χ0) is 15.7. The van der Waals surface area contributed by atoms with Gasteiger partial charge in [-0.15, -0.1) is 0 Å². The van der Waals surface area contributed by atoms with Crippen LogP contribution in [0.1, 0.15) is 17.7 Å². The highest BCUT2D eigenvalue weighted by molar-refractivity contribution is 5.61. The van der Waals surface area contributed by atoms with Gasteiger partial charge in [-0.05, 0) is 44.5 Å². The number of anilines is 1. The molecule has 5 nitrogen and oxygen atoms in total. The van der Waals surface area contributed by atoms with Gasteiger partial charge in [-0.1, -0.05) is 0 Å². The van der Waals surface area contributed by atoms with Gasteiger partial charge in [-0.3, -0.25) is 0 Å². The summed E-state index contributed by atoms with van der Waals surface area (Å²) in [6.45, 7) is 5.93. The monoisotopic (exact) mass is 298 g/mol. The summed E-state index contributed by atoms with van der Waals surface area (Å²) >= 11 is 0. The van der Waals surface area contributed by atoms with E-state index in [1.165, 1.54) is 0 Å². The van der Waals surface area contributed by atoms with Gasteiger partial charge in [-0.2, -0.15) is 0 Å². The molecule has 1 aliphatic heterocycles. The van der Waals surface area contributed by atoms with Crippen molar-refractivity contribution in [3.05, 3.63) is 35.5 Å². The minimum atomic E-state index is 0.235. The first kappa shape index (κ1) is 14.8. The van der Waals surface area contributed by atoms with Crippen molar-refractivity contribution in [3.8, 4) is 17.1 Å². The molecule has 1 atom stereocenters. The minimum absolute atomic E-state index is 0.235. The summed E-state index contributed by atoms with van der Waals surface area (Å²) in [5, 5.41) is 0. The highest BCUT2D eigenvalue weighted by Gasteiger charge is 2.23. The molecule has 0 amide bonds. The third-order valence-electron chi connectivity index (χ3n) is 4.24. The Morgan fingerprint density at radius 2 is 1.91 bits per heavy atom. The lowest BCUT2D eigenvalue weighted by atomic mass is 10.1. The largest absolute Gasteiger partial charge is 0.497 e. The standard InChI is InChI=1S/C17H22N4O/c1-11-12(2)19-16(13-4-6-15(22-3)7-5-13)20-17(11)21-9-8-14(18)10-21/h4-7,14H,8-10,18H2,1-3H3. The predicted octanol–water partition coefficient (Wildman–Crippen LogP) is 2.31. The van der Waals surface area contributed by atoms with Gasteiger partial charge >= 0.3 is 0 Å². The summed E-state index contributed by atoms with van der Waals surface area (Å²) < 4.78 is 5.20. The van der Waals surface area contributed by atoms with Crippen molar-refractivity contribution in [2.45, 2.75) is 26.3 Å². The molecule has 2 N–H and O–H groups in total. The second kappa shape index (κ2) is 5.93. The second-order valence-corrected chi connectivity index (χ2v) is 5.80. The van der Waals surface area contributed by atoms with Crippen LogP contribution in [0.15, 0.2) is 24.3 Å². The Morgan fingerprint density at radius 1 is 1.18 bits per heavy atom. The molecule has 3 rings (SSSR count). The topological polar surface area (TPSA) is 64.3 Å². The molecule has 22 heavy (non-hydrogen) atoms. The maximum atomic E-state index is 6.03. The van der Waals surface area contributed by atoms with Crippen LogP contribution in [0.4, 0.5) is 5.82 Å². The van der Waals surface area contributed by atoms with Crippen LogP contribution in [0, 0.1) is 13.8 Å². The van der Waals surface area contributed by atoms with E-state index < -0.39 is 0 Å². The minimum Gasteiger partial charge on any atom is -0.497 e. The fourth-order valence-electron chi connectivity index (χ4n) is 2.77. The van der Waals surface area contributed by atoms with E-state index in [-0.39, 0.29) is 6.04 Å². The molecule has 5 heteroatoms. The van der Waals surface area contributed by atoms with Crippen LogP contribution in [-0.4, -0.2) is 36.2 Å². The Labute approximate surface area is 131 Å². The van der Waals surface area contributed by atoms with E-state index in [1.54, 1.807) is 7.11 Å². The van der Waals surface area contributed by atoms with Gasteiger partial charge in [0.15, 0.2) is 5.82 Å². The lowest BCUT2D eigenvalue weighted by Crippen LogP contribution is -2.27. The molecule has 0 radical (unpaired) electrons. The first-order valence-electron chi connectivity index (χ1n) is 7.58. The number of ether oxygens (including phenoxy) is 1. The molecule has 1 fully saturated rings. The van der Waals surface area contributed by atoms with Gasteiger partial charge in [0.1, 0.15) is 11.6 Å². The van der Waals surface area contributed by atoms with E-state index in [4.69, 9.17) is 15.5 Å². The number of nitrogens with zero attached hydrogens (tertiary/aromatic N) is 3. The third kappa shape index (κ3) is 2.76. The van der Waals surface area contributed by atoms with Gasteiger partial charge in [0.2, 0.25) is 0 Å². The summed E-state index contributed by atoms with van der Waals surface area (Å²) in [5.41, 5.74) is 9.17. The number of hydrogen-bond acceptors (Lipinski definition) is 5. The van der Waals surface area contributed by atoms with E-state index in [2.05, 4.69) is 16.8 Å². The molecular weight excluding hydrogens is 276 g/mol. The Bertz CT molecular complexity index is 669. The van der Waals surface area contributed by atoms with Crippen molar-refractivity contribution < 1.29 is 4.74 Å². The van der Waals surface area contributed by atoms with Crippen LogP contribution in [0.25, 0.3) is 11.4 Å². The first-order valence-corrected chi connectivity index (χ1v) is 7.58. The summed E-state index contributed by atoms with van der Waals surface area (Å²) in [6.07, 6.45) is 1.01. The molecule has 1 aromatic heterocycles. The number of hydrogen-bond donors (Lipinski definition) is 1. The van der Waals surface area contributed by atoms with Gasteiger partial charge in [0.05, 0.1) is 7.11 Å². The van der Waals surface area contributed by atoms with Gasteiger partial charge in [0, 0.05) is 36.0 Å². The maximum absolute atomic E-state index is 6.03. The molecule has 0 spiro atoms. The average molecular weight is 298 g/mol. The molecule has 0 aliphatic carbocycles. The smallest absolute Gasteiger partial charge is 0.161 e. The van der Waals surface area contributed by atoms with Crippen LogP contribution in [0.2, 0.25) is 0 Å². The molecule has 2 heterocycles. The van der Waals surface area contributed by atoms with Crippen LogP contribution >= 0.6 is 0 Å². The van der Waals surface area contributed by atoms with Crippen molar-refractivity contribution in [1.82, 2.24) is 9.97 Å². The summed E-state index contributed by atoms with van der Waals surface area (Å²) in [7, 11) is 1.66. The molecule has 116 valence electrons. The van der Waals surface area contributed by atoms with E-state index in [0.29, 0.717) is 0 Å². The van der Waals surface area contributed by atoms with E-state index in [9.17, 15) is 0 Å². The Hall–Kier alpha value is -2.14. The molecular formula is C17H22N4O. The molecule has 0 bridgehead atoms. The maximum Gasteiger partial charge on any atom is 0.161 e. The lowest BCUT2D eigenvalue weighted by Gasteiger charge is -2.21. The fourth-order valence-corrected chi connectivity index (χ4v) is 2.77. The molecule has 1 saturated heterocycles. The Kier molecular flexibility index (Phi) is 3.98. The lowest BCUT2D eigenvalue weighted by molar-refractivity contribution is 0.415.